The quantitative estimate of drug-likeness (QED) is 0.612. The largest absolute Gasteiger partial charge is 0.497 e. The summed E-state index contributed by atoms with van der Waals surface area (Å²) in [5.41, 5.74) is 0.884. The Kier molecular flexibility index (Phi) is 7.09. The third-order valence-electron chi connectivity index (χ3n) is 6.65. The molecule has 4 rings (SSSR count). The first kappa shape index (κ1) is 24.4. The van der Waals surface area contributed by atoms with Crippen LogP contribution in [0.5, 0.6) is 11.5 Å². The lowest BCUT2D eigenvalue weighted by Gasteiger charge is -2.34. The molecular formula is C24H28F2N2O5S. The van der Waals surface area contributed by atoms with Crippen molar-refractivity contribution in [1.29, 1.82) is 0 Å². The van der Waals surface area contributed by atoms with Crippen LogP contribution in [0, 0.1) is 17.6 Å². The number of halogens is 2. The maximum atomic E-state index is 14.1. The molecule has 7 nitrogen and oxygen atoms in total. The zero-order valence-corrected chi connectivity index (χ0v) is 20.0. The number of piperidine rings is 1. The lowest BCUT2D eigenvalue weighted by molar-refractivity contribution is -0.137. The Balaban J connectivity index is 1.48. The number of ether oxygens (including phenoxy) is 2. The van der Waals surface area contributed by atoms with Gasteiger partial charge in [-0.05, 0) is 62.1 Å². The summed E-state index contributed by atoms with van der Waals surface area (Å²) in [4.78, 5) is 14.6. The molecule has 2 aliphatic heterocycles. The van der Waals surface area contributed by atoms with Gasteiger partial charge in [-0.3, -0.25) is 4.79 Å². The van der Waals surface area contributed by atoms with Gasteiger partial charge in [0, 0.05) is 31.1 Å². The van der Waals surface area contributed by atoms with E-state index in [-0.39, 0.29) is 31.0 Å². The molecule has 0 bridgehead atoms. The van der Waals surface area contributed by atoms with Crippen LogP contribution in [0.1, 0.15) is 37.3 Å². The molecule has 10 heteroatoms. The maximum Gasteiger partial charge on any atom is 0.246 e. The number of likely N-dealkylation sites (tertiary alicyclic amines) is 1. The van der Waals surface area contributed by atoms with Gasteiger partial charge >= 0.3 is 0 Å². The number of carbonyl (C=O) groups is 1. The van der Waals surface area contributed by atoms with Crippen molar-refractivity contribution in [1.82, 2.24) is 9.21 Å². The molecule has 0 spiro atoms. The van der Waals surface area contributed by atoms with E-state index < -0.39 is 26.6 Å². The summed E-state index contributed by atoms with van der Waals surface area (Å²) in [6.45, 7) is 0.738. The van der Waals surface area contributed by atoms with Crippen molar-refractivity contribution in [3.8, 4) is 11.5 Å². The van der Waals surface area contributed by atoms with Crippen LogP contribution in [0.3, 0.4) is 0 Å². The van der Waals surface area contributed by atoms with Gasteiger partial charge in [0.05, 0.1) is 20.3 Å². The monoisotopic (exact) mass is 494 g/mol. The van der Waals surface area contributed by atoms with Crippen LogP contribution < -0.4 is 9.47 Å². The Morgan fingerprint density at radius 3 is 2.38 bits per heavy atom. The lowest BCUT2D eigenvalue weighted by Crippen LogP contribution is -2.44. The van der Waals surface area contributed by atoms with Crippen molar-refractivity contribution in [3.63, 3.8) is 0 Å². The molecular weight excluding hydrogens is 466 g/mol. The standard InChI is InChI=1S/C24H28F2N2O5S/c1-32-18-6-8-22(33-2)19(15-18)21-4-3-11-28(21)24(29)16-9-12-27(13-10-16)34(30,31)23-14-17(25)5-7-20(23)26/h5-8,14-16,21H,3-4,9-13H2,1-2H3/t21-/m0/s1. The number of amides is 1. The second kappa shape index (κ2) is 9.87. The molecule has 1 atom stereocenters. The molecule has 0 radical (unpaired) electrons. The average molecular weight is 495 g/mol. The third kappa shape index (κ3) is 4.61. The predicted octanol–water partition coefficient (Wildman–Crippen LogP) is 3.75. The zero-order valence-electron chi connectivity index (χ0n) is 19.2. The van der Waals surface area contributed by atoms with Crippen molar-refractivity contribution >= 4 is 15.9 Å². The molecule has 184 valence electrons. The van der Waals surface area contributed by atoms with E-state index in [1.807, 2.05) is 17.0 Å². The smallest absolute Gasteiger partial charge is 0.246 e. The number of sulfonamides is 1. The van der Waals surface area contributed by atoms with Gasteiger partial charge in [-0.15, -0.1) is 0 Å². The van der Waals surface area contributed by atoms with Crippen LogP contribution in [0.15, 0.2) is 41.3 Å². The van der Waals surface area contributed by atoms with Crippen LogP contribution in [0.4, 0.5) is 8.78 Å². The summed E-state index contributed by atoms with van der Waals surface area (Å²) in [5, 5.41) is 0. The fourth-order valence-electron chi connectivity index (χ4n) is 4.85. The van der Waals surface area contributed by atoms with Gasteiger partial charge in [-0.1, -0.05) is 0 Å². The number of methoxy groups -OCH3 is 2. The summed E-state index contributed by atoms with van der Waals surface area (Å²) < 4.78 is 65.4. The topological polar surface area (TPSA) is 76.2 Å². The SMILES string of the molecule is COc1ccc(OC)c([C@@H]2CCCN2C(=O)C2CCN(S(=O)(=O)c3cc(F)ccc3F)CC2)c1. The lowest BCUT2D eigenvalue weighted by atomic mass is 9.95. The van der Waals surface area contributed by atoms with E-state index in [0.29, 0.717) is 37.0 Å². The van der Waals surface area contributed by atoms with Crippen LogP contribution >= 0.6 is 0 Å². The van der Waals surface area contributed by atoms with Gasteiger partial charge in [0.15, 0.2) is 0 Å². The van der Waals surface area contributed by atoms with Crippen molar-refractivity contribution in [3.05, 3.63) is 53.6 Å². The molecule has 2 aliphatic rings. The molecule has 0 N–H and O–H groups in total. The van der Waals surface area contributed by atoms with E-state index in [1.54, 1.807) is 20.3 Å². The van der Waals surface area contributed by atoms with Gasteiger partial charge in [-0.2, -0.15) is 4.31 Å². The summed E-state index contributed by atoms with van der Waals surface area (Å²) in [6, 6.07) is 7.74. The number of benzene rings is 2. The molecule has 2 saturated heterocycles. The van der Waals surface area contributed by atoms with Crippen LogP contribution in [0.2, 0.25) is 0 Å². The first-order valence-electron chi connectivity index (χ1n) is 11.2. The molecule has 0 unspecified atom stereocenters. The number of hydrogen-bond acceptors (Lipinski definition) is 5. The minimum absolute atomic E-state index is 0.0265. The highest BCUT2D eigenvalue weighted by molar-refractivity contribution is 7.89. The van der Waals surface area contributed by atoms with Gasteiger partial charge in [0.1, 0.15) is 28.0 Å². The molecule has 2 heterocycles. The van der Waals surface area contributed by atoms with Crippen molar-refractivity contribution in [2.45, 2.75) is 36.6 Å². The fraction of sp³-hybridized carbons (Fsp3) is 0.458. The Labute approximate surface area is 198 Å². The van der Waals surface area contributed by atoms with Crippen molar-refractivity contribution in [2.24, 2.45) is 5.92 Å². The second-order valence-corrected chi connectivity index (χ2v) is 10.5. The third-order valence-corrected chi connectivity index (χ3v) is 8.56. The molecule has 0 aliphatic carbocycles. The molecule has 2 fully saturated rings. The van der Waals surface area contributed by atoms with Crippen LogP contribution in [-0.2, 0) is 14.8 Å². The van der Waals surface area contributed by atoms with E-state index in [2.05, 4.69) is 0 Å². The fourth-order valence-corrected chi connectivity index (χ4v) is 6.39. The zero-order chi connectivity index (χ0) is 24.5. The first-order valence-corrected chi connectivity index (χ1v) is 12.7. The molecule has 0 aromatic heterocycles. The van der Waals surface area contributed by atoms with Crippen molar-refractivity contribution in [2.75, 3.05) is 33.9 Å². The molecule has 0 saturated carbocycles. The molecule has 34 heavy (non-hydrogen) atoms. The van der Waals surface area contributed by atoms with Crippen molar-refractivity contribution < 1.29 is 31.5 Å². The normalized spacial score (nSPS) is 19.9. The summed E-state index contributed by atoms with van der Waals surface area (Å²) in [7, 11) is -1.02. The number of hydrogen-bond donors (Lipinski definition) is 0. The van der Waals surface area contributed by atoms with E-state index in [9.17, 15) is 22.0 Å². The average Bonchev–Trinajstić information content (AvgIpc) is 3.34. The second-order valence-electron chi connectivity index (χ2n) is 8.55. The predicted molar refractivity (Wildman–Crippen MR) is 121 cm³/mol. The maximum absolute atomic E-state index is 14.1. The van der Waals surface area contributed by atoms with Gasteiger partial charge in [0.2, 0.25) is 15.9 Å². The van der Waals surface area contributed by atoms with E-state index in [1.165, 1.54) is 0 Å². The van der Waals surface area contributed by atoms with Crippen LogP contribution in [0.25, 0.3) is 0 Å². The summed E-state index contributed by atoms with van der Waals surface area (Å²) in [5.74, 6) is -0.825. The van der Waals surface area contributed by atoms with Gasteiger partial charge in [-0.25, -0.2) is 17.2 Å². The Morgan fingerprint density at radius 1 is 0.971 bits per heavy atom. The van der Waals surface area contributed by atoms with E-state index >= 15 is 0 Å². The van der Waals surface area contributed by atoms with E-state index in [0.717, 1.165) is 34.8 Å². The summed E-state index contributed by atoms with van der Waals surface area (Å²) >= 11 is 0. The minimum Gasteiger partial charge on any atom is -0.497 e. The number of nitrogens with zero attached hydrogens (tertiary/aromatic N) is 2. The first-order chi connectivity index (χ1) is 16.3. The molecule has 2 aromatic carbocycles. The highest BCUT2D eigenvalue weighted by Gasteiger charge is 2.39. The van der Waals surface area contributed by atoms with Gasteiger partial charge in [0.25, 0.3) is 0 Å². The minimum atomic E-state index is -4.19. The van der Waals surface area contributed by atoms with Gasteiger partial charge < -0.3 is 14.4 Å². The highest BCUT2D eigenvalue weighted by atomic mass is 32.2. The Hall–Kier alpha value is -2.72. The number of rotatable bonds is 6. The Morgan fingerprint density at radius 2 is 1.71 bits per heavy atom. The summed E-state index contributed by atoms with van der Waals surface area (Å²) in [6.07, 6.45) is 2.27. The van der Waals surface area contributed by atoms with E-state index in [4.69, 9.17) is 9.47 Å². The molecule has 2 aromatic rings. The van der Waals surface area contributed by atoms with Crippen LogP contribution in [-0.4, -0.2) is 57.4 Å². The molecule has 1 amide bonds. The number of carbonyl (C=O) groups excluding carboxylic acids is 1. The Bertz CT molecular complexity index is 1170. The highest BCUT2D eigenvalue weighted by Crippen LogP contribution is 2.40.